The predicted molar refractivity (Wildman–Crippen MR) is 96.0 cm³/mol. The summed E-state index contributed by atoms with van der Waals surface area (Å²) in [5, 5.41) is 8.81. The maximum Gasteiger partial charge on any atom is 0.419 e. The van der Waals surface area contributed by atoms with Gasteiger partial charge in [0.15, 0.2) is 0 Å². The number of amides is 2. The predicted octanol–water partition coefficient (Wildman–Crippen LogP) is 5.44. The summed E-state index contributed by atoms with van der Waals surface area (Å²) in [6.45, 7) is -0.233. The Morgan fingerprint density at radius 3 is 2.50 bits per heavy atom. The van der Waals surface area contributed by atoms with E-state index < -0.39 is 34.5 Å². The fourth-order valence-electron chi connectivity index (χ4n) is 2.54. The van der Waals surface area contributed by atoms with E-state index in [1.165, 1.54) is 12.1 Å². The molecule has 0 unspecified atom stereocenters. The molecule has 1 saturated heterocycles. The summed E-state index contributed by atoms with van der Waals surface area (Å²) in [7, 11) is 0. The van der Waals surface area contributed by atoms with E-state index in [0.29, 0.717) is 17.8 Å². The third-order valence-electron chi connectivity index (χ3n) is 3.76. The van der Waals surface area contributed by atoms with Crippen LogP contribution in [0, 0.1) is 5.82 Å². The lowest BCUT2D eigenvalue weighted by Gasteiger charge is -2.13. The van der Waals surface area contributed by atoms with Gasteiger partial charge in [-0.2, -0.15) is 13.2 Å². The minimum Gasteiger partial charge on any atom is -0.507 e. The Morgan fingerprint density at radius 2 is 1.86 bits per heavy atom. The van der Waals surface area contributed by atoms with Crippen LogP contribution < -0.4 is 0 Å². The highest BCUT2D eigenvalue weighted by Crippen LogP contribution is 2.38. The zero-order valence-corrected chi connectivity index (χ0v) is 15.3. The highest BCUT2D eigenvalue weighted by molar-refractivity contribution is 8.18. The monoisotopic (exact) mass is 431 g/mol. The van der Waals surface area contributed by atoms with Crippen LogP contribution in [0.1, 0.15) is 16.7 Å². The average Bonchev–Trinajstić information content (AvgIpc) is 2.82. The molecule has 0 saturated carbocycles. The van der Waals surface area contributed by atoms with Crippen molar-refractivity contribution >= 4 is 40.6 Å². The third-order valence-corrected chi connectivity index (χ3v) is 4.89. The van der Waals surface area contributed by atoms with E-state index in [1.807, 2.05) is 0 Å². The smallest absolute Gasteiger partial charge is 0.419 e. The first-order chi connectivity index (χ1) is 13.0. The zero-order valence-electron chi connectivity index (χ0n) is 13.8. The van der Waals surface area contributed by atoms with Crippen LogP contribution in [0.5, 0.6) is 5.75 Å². The van der Waals surface area contributed by atoms with Gasteiger partial charge in [-0.1, -0.05) is 17.7 Å². The lowest BCUT2D eigenvalue weighted by molar-refractivity contribution is -0.138. The van der Waals surface area contributed by atoms with Crippen LogP contribution in [0.25, 0.3) is 6.08 Å². The summed E-state index contributed by atoms with van der Waals surface area (Å²) in [5.74, 6) is -2.30. The maximum atomic E-state index is 13.4. The van der Waals surface area contributed by atoms with E-state index in [2.05, 4.69) is 0 Å². The number of carbonyl (C=O) groups excluding carboxylic acids is 2. The van der Waals surface area contributed by atoms with Gasteiger partial charge in [-0.3, -0.25) is 14.5 Å². The summed E-state index contributed by atoms with van der Waals surface area (Å²) in [6.07, 6.45) is -3.65. The number of halogens is 5. The molecule has 1 aliphatic rings. The van der Waals surface area contributed by atoms with Crippen molar-refractivity contribution in [3.05, 3.63) is 68.8 Å². The molecular formula is C18H10ClF4NO3S. The highest BCUT2D eigenvalue weighted by atomic mass is 35.5. The van der Waals surface area contributed by atoms with Gasteiger partial charge >= 0.3 is 6.18 Å². The van der Waals surface area contributed by atoms with Crippen molar-refractivity contribution in [3.8, 4) is 5.75 Å². The van der Waals surface area contributed by atoms with Crippen LogP contribution in [0.15, 0.2) is 41.3 Å². The number of rotatable bonds is 3. The van der Waals surface area contributed by atoms with Crippen LogP contribution in [-0.4, -0.2) is 21.2 Å². The van der Waals surface area contributed by atoms with Crippen LogP contribution in [-0.2, 0) is 17.5 Å². The molecule has 3 rings (SSSR count). The Balaban J connectivity index is 1.87. The topological polar surface area (TPSA) is 57.6 Å². The second kappa shape index (κ2) is 7.48. The van der Waals surface area contributed by atoms with E-state index in [0.717, 1.165) is 29.2 Å². The Morgan fingerprint density at radius 1 is 1.14 bits per heavy atom. The number of phenolic OH excluding ortho intramolecular Hbond substituents is 1. The summed E-state index contributed by atoms with van der Waals surface area (Å²) in [6, 6.07) is 6.30. The molecule has 0 aromatic heterocycles. The number of nitrogens with zero attached hydrogens (tertiary/aromatic N) is 1. The number of alkyl halides is 3. The molecule has 1 aliphatic heterocycles. The Hall–Kier alpha value is -2.52. The molecule has 0 spiro atoms. The quantitative estimate of drug-likeness (QED) is 0.519. The van der Waals surface area contributed by atoms with Gasteiger partial charge in [0.25, 0.3) is 11.1 Å². The molecule has 2 amide bonds. The zero-order chi connectivity index (χ0) is 20.6. The standard InChI is InChI=1S/C18H10ClF4NO3S/c19-11-3-10(4-12(20)7-11)8-24-16(26)15(28-17(24)27)6-9-1-2-14(25)13(5-9)18(21,22)23/h1-7,25H,8H2. The molecule has 28 heavy (non-hydrogen) atoms. The van der Waals surface area contributed by atoms with Gasteiger partial charge in [-0.15, -0.1) is 0 Å². The third kappa shape index (κ3) is 4.31. The van der Waals surface area contributed by atoms with Crippen molar-refractivity contribution in [3.63, 3.8) is 0 Å². The fraction of sp³-hybridized carbons (Fsp3) is 0.111. The first kappa shape index (κ1) is 20.2. The van der Waals surface area contributed by atoms with Crippen molar-refractivity contribution in [1.82, 2.24) is 4.90 Å². The van der Waals surface area contributed by atoms with Crippen LogP contribution in [0.2, 0.25) is 5.02 Å². The van der Waals surface area contributed by atoms with Crippen molar-refractivity contribution < 1.29 is 32.3 Å². The van der Waals surface area contributed by atoms with Gasteiger partial charge in [-0.05, 0) is 59.3 Å². The second-order valence-corrected chi connectivity index (χ2v) is 7.25. The van der Waals surface area contributed by atoms with Crippen molar-refractivity contribution in [2.24, 2.45) is 0 Å². The molecule has 0 bridgehead atoms. The summed E-state index contributed by atoms with van der Waals surface area (Å²) in [4.78, 5) is 25.3. The van der Waals surface area contributed by atoms with Crippen LogP contribution >= 0.6 is 23.4 Å². The number of hydrogen-bond donors (Lipinski definition) is 1. The number of aromatic hydroxyl groups is 1. The van der Waals surface area contributed by atoms with Crippen LogP contribution in [0.4, 0.5) is 22.4 Å². The largest absolute Gasteiger partial charge is 0.507 e. The Labute approximate surface area is 165 Å². The summed E-state index contributed by atoms with van der Waals surface area (Å²) >= 11 is 6.30. The molecule has 10 heteroatoms. The lowest BCUT2D eigenvalue weighted by atomic mass is 10.1. The van der Waals surface area contributed by atoms with Gasteiger partial charge in [0.1, 0.15) is 11.6 Å². The van der Waals surface area contributed by atoms with Crippen molar-refractivity contribution in [2.45, 2.75) is 12.7 Å². The SMILES string of the molecule is O=C1SC(=Cc2ccc(O)c(C(F)(F)F)c2)C(=O)N1Cc1cc(F)cc(Cl)c1. The minimum absolute atomic E-state index is 0.00979. The van der Waals surface area contributed by atoms with Gasteiger partial charge in [0.05, 0.1) is 17.0 Å². The molecule has 1 heterocycles. The first-order valence-corrected chi connectivity index (χ1v) is 8.84. The molecule has 1 N–H and O–H groups in total. The Kier molecular flexibility index (Phi) is 5.40. The van der Waals surface area contributed by atoms with E-state index in [4.69, 9.17) is 11.6 Å². The minimum atomic E-state index is -4.77. The van der Waals surface area contributed by atoms with Gasteiger partial charge in [-0.25, -0.2) is 4.39 Å². The molecule has 0 aliphatic carbocycles. The number of hydrogen-bond acceptors (Lipinski definition) is 4. The van der Waals surface area contributed by atoms with Crippen molar-refractivity contribution in [1.29, 1.82) is 0 Å². The van der Waals surface area contributed by atoms with Gasteiger partial charge in [0, 0.05) is 5.02 Å². The molecule has 2 aromatic carbocycles. The fourth-order valence-corrected chi connectivity index (χ4v) is 3.63. The van der Waals surface area contributed by atoms with Gasteiger partial charge < -0.3 is 5.11 Å². The number of benzene rings is 2. The molecule has 4 nitrogen and oxygen atoms in total. The molecular weight excluding hydrogens is 422 g/mol. The normalized spacial score (nSPS) is 16.3. The summed E-state index contributed by atoms with van der Waals surface area (Å²) < 4.78 is 52.1. The van der Waals surface area contributed by atoms with E-state index >= 15 is 0 Å². The number of phenols is 1. The Bertz CT molecular complexity index is 987. The molecule has 1 fully saturated rings. The van der Waals surface area contributed by atoms with Gasteiger partial charge in [0.2, 0.25) is 0 Å². The maximum absolute atomic E-state index is 13.4. The van der Waals surface area contributed by atoms with E-state index in [9.17, 15) is 32.3 Å². The second-order valence-electron chi connectivity index (χ2n) is 5.82. The lowest BCUT2D eigenvalue weighted by Crippen LogP contribution is -2.27. The molecule has 146 valence electrons. The average molecular weight is 432 g/mol. The molecule has 2 aromatic rings. The molecule has 0 radical (unpaired) electrons. The van der Waals surface area contributed by atoms with Crippen molar-refractivity contribution in [2.75, 3.05) is 0 Å². The highest BCUT2D eigenvalue weighted by Gasteiger charge is 2.36. The van der Waals surface area contributed by atoms with Crippen LogP contribution in [0.3, 0.4) is 0 Å². The number of carbonyl (C=O) groups is 2. The number of thioether (sulfide) groups is 1. The van der Waals surface area contributed by atoms with E-state index in [-0.39, 0.29) is 27.6 Å². The number of imide groups is 1. The van der Waals surface area contributed by atoms with E-state index in [1.54, 1.807) is 0 Å². The first-order valence-electron chi connectivity index (χ1n) is 7.65. The summed E-state index contributed by atoms with van der Waals surface area (Å²) in [5.41, 5.74) is -0.975. The molecule has 0 atom stereocenters.